The molecule has 0 aliphatic heterocycles. The third kappa shape index (κ3) is 5.16. The van der Waals surface area contributed by atoms with Crippen molar-refractivity contribution >= 4 is 5.91 Å². The van der Waals surface area contributed by atoms with Gasteiger partial charge in [-0.15, -0.1) is 0 Å². The van der Waals surface area contributed by atoms with Gasteiger partial charge in [0.1, 0.15) is 0 Å². The van der Waals surface area contributed by atoms with E-state index in [2.05, 4.69) is 10.6 Å². The van der Waals surface area contributed by atoms with Gasteiger partial charge in [-0.2, -0.15) is 0 Å². The summed E-state index contributed by atoms with van der Waals surface area (Å²) in [5.41, 5.74) is -0.351. The van der Waals surface area contributed by atoms with Crippen LogP contribution in [0.2, 0.25) is 0 Å². The highest BCUT2D eigenvalue weighted by molar-refractivity contribution is 5.77. The fraction of sp³-hybridized carbons (Fsp3) is 0.889. The van der Waals surface area contributed by atoms with Gasteiger partial charge < -0.3 is 20.5 Å². The van der Waals surface area contributed by atoms with Gasteiger partial charge in [-0.25, -0.2) is 0 Å². The Morgan fingerprint density at radius 2 is 2.21 bits per heavy atom. The molecule has 0 aromatic heterocycles. The predicted molar refractivity (Wildman–Crippen MR) is 54.1 cm³/mol. The molecule has 0 aromatic rings. The van der Waals surface area contributed by atoms with E-state index in [0.717, 1.165) is 0 Å². The lowest BCUT2D eigenvalue weighted by atomic mass is 9.99. The third-order valence-electron chi connectivity index (χ3n) is 2.08. The fourth-order valence-corrected chi connectivity index (χ4v) is 1.16. The summed E-state index contributed by atoms with van der Waals surface area (Å²) in [6.45, 7) is 2.68. The molecule has 1 atom stereocenters. The molecule has 0 radical (unpaired) electrons. The average molecular weight is 204 g/mol. The van der Waals surface area contributed by atoms with Gasteiger partial charge in [0.2, 0.25) is 5.91 Å². The number of aliphatic hydroxyl groups is 1. The summed E-state index contributed by atoms with van der Waals surface area (Å²) in [4.78, 5) is 11.0. The molecule has 5 nitrogen and oxygen atoms in total. The number of methoxy groups -OCH3 is 1. The summed E-state index contributed by atoms with van der Waals surface area (Å²) in [6.07, 6.45) is 0.553. The van der Waals surface area contributed by atoms with Gasteiger partial charge in [0, 0.05) is 26.3 Å². The lowest BCUT2D eigenvalue weighted by Gasteiger charge is -2.29. The molecule has 0 rings (SSSR count). The Morgan fingerprint density at radius 1 is 1.57 bits per heavy atom. The minimum absolute atomic E-state index is 0.0700. The van der Waals surface area contributed by atoms with Crippen LogP contribution in [0.15, 0.2) is 0 Å². The van der Waals surface area contributed by atoms with Crippen molar-refractivity contribution in [3.8, 4) is 0 Å². The number of carbonyl (C=O) groups is 1. The minimum atomic E-state index is -0.351. The number of likely N-dealkylation sites (N-methyl/N-ethyl adjacent to an activating group) is 1. The van der Waals surface area contributed by atoms with Crippen LogP contribution in [-0.2, 0) is 9.53 Å². The maximum absolute atomic E-state index is 11.0. The average Bonchev–Trinajstić information content (AvgIpc) is 2.15. The van der Waals surface area contributed by atoms with Crippen LogP contribution in [0.3, 0.4) is 0 Å². The van der Waals surface area contributed by atoms with Gasteiger partial charge in [0.25, 0.3) is 0 Å². The van der Waals surface area contributed by atoms with Gasteiger partial charge in [-0.3, -0.25) is 4.79 Å². The van der Waals surface area contributed by atoms with Crippen molar-refractivity contribution in [1.82, 2.24) is 10.6 Å². The van der Waals surface area contributed by atoms with Gasteiger partial charge in [0.15, 0.2) is 0 Å². The van der Waals surface area contributed by atoms with Gasteiger partial charge >= 0.3 is 0 Å². The SMILES string of the molecule is CNC(=O)CN[C@](C)(CCO)COC. The van der Waals surface area contributed by atoms with E-state index in [4.69, 9.17) is 9.84 Å². The molecule has 0 bridgehead atoms. The molecule has 0 fully saturated rings. The summed E-state index contributed by atoms with van der Waals surface area (Å²) in [7, 11) is 3.18. The molecule has 0 saturated heterocycles. The number of ether oxygens (including phenoxy) is 1. The first-order valence-electron chi connectivity index (χ1n) is 4.63. The second kappa shape index (κ2) is 6.75. The van der Waals surface area contributed by atoms with Crippen LogP contribution in [-0.4, -0.2) is 50.5 Å². The second-order valence-electron chi connectivity index (χ2n) is 3.49. The highest BCUT2D eigenvalue weighted by Gasteiger charge is 2.23. The fourth-order valence-electron chi connectivity index (χ4n) is 1.16. The molecule has 84 valence electrons. The molecule has 5 heteroatoms. The number of amides is 1. The van der Waals surface area contributed by atoms with Crippen LogP contribution in [0.1, 0.15) is 13.3 Å². The predicted octanol–water partition coefficient (Wildman–Crippen LogP) is -0.890. The first-order valence-corrected chi connectivity index (χ1v) is 4.63. The van der Waals surface area contributed by atoms with Crippen molar-refractivity contribution in [2.45, 2.75) is 18.9 Å². The Balaban J connectivity index is 4.01. The Morgan fingerprint density at radius 3 is 2.64 bits per heavy atom. The number of rotatable bonds is 7. The van der Waals surface area contributed by atoms with Crippen LogP contribution in [0.25, 0.3) is 0 Å². The molecular formula is C9H20N2O3. The van der Waals surface area contributed by atoms with Crippen LogP contribution in [0.5, 0.6) is 0 Å². The number of aliphatic hydroxyl groups excluding tert-OH is 1. The number of hydrogen-bond donors (Lipinski definition) is 3. The van der Waals surface area contributed by atoms with E-state index >= 15 is 0 Å². The third-order valence-corrected chi connectivity index (χ3v) is 2.08. The molecule has 0 heterocycles. The molecule has 0 aromatic carbocycles. The lowest BCUT2D eigenvalue weighted by molar-refractivity contribution is -0.120. The van der Waals surface area contributed by atoms with Crippen LogP contribution in [0.4, 0.5) is 0 Å². The van der Waals surface area contributed by atoms with E-state index in [1.165, 1.54) is 0 Å². The molecule has 0 aliphatic rings. The molecule has 14 heavy (non-hydrogen) atoms. The van der Waals surface area contributed by atoms with Crippen LogP contribution in [0, 0.1) is 0 Å². The zero-order valence-corrected chi connectivity index (χ0v) is 9.09. The summed E-state index contributed by atoms with van der Waals surface area (Å²) in [5.74, 6) is -0.0785. The summed E-state index contributed by atoms with van der Waals surface area (Å²) in [6, 6.07) is 0. The van der Waals surface area contributed by atoms with Crippen molar-refractivity contribution in [2.24, 2.45) is 0 Å². The van der Waals surface area contributed by atoms with E-state index in [-0.39, 0.29) is 24.6 Å². The van der Waals surface area contributed by atoms with Gasteiger partial charge in [-0.1, -0.05) is 0 Å². The minimum Gasteiger partial charge on any atom is -0.396 e. The number of hydrogen-bond acceptors (Lipinski definition) is 4. The van der Waals surface area contributed by atoms with Crippen molar-refractivity contribution in [3.05, 3.63) is 0 Å². The Hall–Kier alpha value is -0.650. The molecular weight excluding hydrogens is 184 g/mol. The maximum Gasteiger partial charge on any atom is 0.233 e. The molecule has 0 unspecified atom stereocenters. The molecule has 0 spiro atoms. The molecule has 0 saturated carbocycles. The van der Waals surface area contributed by atoms with E-state index in [1.807, 2.05) is 6.92 Å². The zero-order valence-electron chi connectivity index (χ0n) is 9.09. The standard InChI is InChI=1S/C9H20N2O3/c1-9(4-5-12,7-14-3)11-6-8(13)10-2/h11-12H,4-7H2,1-3H3,(H,10,13)/t9-/m1/s1. The van der Waals surface area contributed by atoms with Gasteiger partial charge in [0.05, 0.1) is 13.2 Å². The highest BCUT2D eigenvalue weighted by Crippen LogP contribution is 2.08. The van der Waals surface area contributed by atoms with Crippen LogP contribution < -0.4 is 10.6 Å². The van der Waals surface area contributed by atoms with Crippen LogP contribution >= 0.6 is 0 Å². The zero-order chi connectivity index (χ0) is 11.0. The van der Waals surface area contributed by atoms with E-state index in [9.17, 15) is 4.79 Å². The van der Waals surface area contributed by atoms with Crippen molar-refractivity contribution in [3.63, 3.8) is 0 Å². The first-order chi connectivity index (χ1) is 6.58. The monoisotopic (exact) mass is 204 g/mol. The van der Waals surface area contributed by atoms with Crippen molar-refractivity contribution < 1.29 is 14.6 Å². The molecule has 3 N–H and O–H groups in total. The summed E-state index contributed by atoms with van der Waals surface area (Å²) < 4.78 is 5.02. The Bertz CT molecular complexity index is 167. The van der Waals surface area contributed by atoms with Gasteiger partial charge in [-0.05, 0) is 13.3 Å². The smallest absolute Gasteiger partial charge is 0.233 e. The number of carbonyl (C=O) groups excluding carboxylic acids is 1. The van der Waals surface area contributed by atoms with Crippen molar-refractivity contribution in [1.29, 1.82) is 0 Å². The summed E-state index contributed by atoms with van der Waals surface area (Å²) >= 11 is 0. The quantitative estimate of drug-likeness (QED) is 0.503. The second-order valence-corrected chi connectivity index (χ2v) is 3.49. The van der Waals surface area contributed by atoms with Crippen molar-refractivity contribution in [2.75, 3.05) is 33.9 Å². The lowest BCUT2D eigenvalue weighted by Crippen LogP contribution is -2.50. The number of nitrogens with one attached hydrogen (secondary N) is 2. The maximum atomic E-state index is 11.0. The van der Waals surface area contributed by atoms with E-state index in [0.29, 0.717) is 13.0 Å². The molecule has 1 amide bonds. The molecule has 0 aliphatic carbocycles. The topological polar surface area (TPSA) is 70.6 Å². The normalized spacial score (nSPS) is 14.9. The largest absolute Gasteiger partial charge is 0.396 e. The Kier molecular flexibility index (Phi) is 6.44. The van der Waals surface area contributed by atoms with E-state index in [1.54, 1.807) is 14.2 Å². The summed E-state index contributed by atoms with van der Waals surface area (Å²) in [5, 5.41) is 14.4. The van der Waals surface area contributed by atoms with E-state index < -0.39 is 0 Å². The highest BCUT2D eigenvalue weighted by atomic mass is 16.5. The first kappa shape index (κ1) is 13.4. The Labute approximate surface area is 84.8 Å².